The van der Waals surface area contributed by atoms with Crippen molar-refractivity contribution in [3.63, 3.8) is 0 Å². The number of halogens is 3. The summed E-state index contributed by atoms with van der Waals surface area (Å²) in [6, 6.07) is 6.46. The minimum absolute atomic E-state index is 0.0121. The van der Waals surface area contributed by atoms with Crippen LogP contribution in [0.15, 0.2) is 41.3 Å². The Balaban J connectivity index is 2.27. The highest BCUT2D eigenvalue weighted by Crippen LogP contribution is 2.38. The predicted octanol–water partition coefficient (Wildman–Crippen LogP) is 5.73. The largest absolute Gasteiger partial charge is 0.496 e. The zero-order chi connectivity index (χ0) is 25.6. The normalized spacial score (nSPS) is 11.3. The lowest BCUT2D eigenvalue weighted by molar-refractivity contribution is -0.386. The molecule has 4 aromatic rings. The van der Waals surface area contributed by atoms with Gasteiger partial charge in [0.25, 0.3) is 0 Å². The molecule has 0 amide bonds. The van der Waals surface area contributed by atoms with E-state index >= 15 is 4.39 Å². The number of pyridine rings is 3. The van der Waals surface area contributed by atoms with Gasteiger partial charge in [0.15, 0.2) is 5.82 Å². The van der Waals surface area contributed by atoms with Gasteiger partial charge in [-0.05, 0) is 42.7 Å². The molecule has 0 aliphatic heterocycles. The molecule has 0 radical (unpaired) electrons. The first-order valence-electron chi connectivity index (χ1n) is 10.5. The number of rotatable bonds is 5. The SMILES string of the molecule is COc1cccc(F)c1-c1nc2c(cc1F)c(Cl)c([N+](=O)[O-])c(=O)n2-c1c(C)ccnc1C(C)C. The Kier molecular flexibility index (Phi) is 6.25. The number of ether oxygens (including phenoxy) is 1. The molecule has 0 spiro atoms. The van der Waals surface area contributed by atoms with Crippen molar-refractivity contribution in [1.29, 1.82) is 0 Å². The van der Waals surface area contributed by atoms with Crippen LogP contribution in [-0.4, -0.2) is 26.6 Å². The second-order valence-corrected chi connectivity index (χ2v) is 8.46. The van der Waals surface area contributed by atoms with Crippen molar-refractivity contribution >= 4 is 28.3 Å². The van der Waals surface area contributed by atoms with Crippen molar-refractivity contribution in [3.05, 3.63) is 84.9 Å². The van der Waals surface area contributed by atoms with Gasteiger partial charge in [0.2, 0.25) is 0 Å². The molecule has 0 saturated heterocycles. The van der Waals surface area contributed by atoms with Crippen LogP contribution >= 0.6 is 11.6 Å². The van der Waals surface area contributed by atoms with Crippen molar-refractivity contribution in [2.75, 3.05) is 7.11 Å². The summed E-state index contributed by atoms with van der Waals surface area (Å²) in [7, 11) is 1.29. The highest BCUT2D eigenvalue weighted by molar-refractivity contribution is 6.37. The van der Waals surface area contributed by atoms with Gasteiger partial charge in [-0.3, -0.25) is 24.5 Å². The van der Waals surface area contributed by atoms with Crippen LogP contribution < -0.4 is 10.3 Å². The van der Waals surface area contributed by atoms with Crippen LogP contribution in [0, 0.1) is 28.7 Å². The van der Waals surface area contributed by atoms with Gasteiger partial charge in [0, 0.05) is 11.6 Å². The fraction of sp³-hybridized carbons (Fsp3) is 0.208. The molecule has 0 bridgehead atoms. The molecule has 0 fully saturated rings. The summed E-state index contributed by atoms with van der Waals surface area (Å²) in [5.41, 5.74) is -1.63. The van der Waals surface area contributed by atoms with E-state index in [1.165, 1.54) is 19.2 Å². The quantitative estimate of drug-likeness (QED) is 0.256. The number of nitro groups is 1. The van der Waals surface area contributed by atoms with Gasteiger partial charge in [0.1, 0.15) is 27.9 Å². The lowest BCUT2D eigenvalue weighted by atomic mass is 10.0. The van der Waals surface area contributed by atoms with E-state index in [0.29, 0.717) is 11.3 Å². The monoisotopic (exact) mass is 500 g/mol. The first-order valence-corrected chi connectivity index (χ1v) is 10.8. The molecule has 0 aliphatic carbocycles. The summed E-state index contributed by atoms with van der Waals surface area (Å²) >= 11 is 6.23. The number of benzene rings is 1. The second kappa shape index (κ2) is 9.03. The van der Waals surface area contributed by atoms with Crippen LogP contribution in [-0.2, 0) is 0 Å². The zero-order valence-corrected chi connectivity index (χ0v) is 19.9. The Morgan fingerprint density at radius 1 is 1.20 bits per heavy atom. The van der Waals surface area contributed by atoms with Gasteiger partial charge in [-0.25, -0.2) is 13.8 Å². The van der Waals surface area contributed by atoms with E-state index in [9.17, 15) is 19.3 Å². The number of hydrogen-bond donors (Lipinski definition) is 0. The molecular weight excluding hydrogens is 482 g/mol. The average Bonchev–Trinajstić information content (AvgIpc) is 2.79. The van der Waals surface area contributed by atoms with E-state index in [1.54, 1.807) is 19.2 Å². The molecule has 0 aliphatic rings. The first kappa shape index (κ1) is 24.2. The third kappa shape index (κ3) is 3.89. The number of aryl methyl sites for hydroxylation is 1. The minimum Gasteiger partial charge on any atom is -0.496 e. The molecule has 0 N–H and O–H groups in total. The smallest absolute Gasteiger partial charge is 0.353 e. The van der Waals surface area contributed by atoms with Crippen molar-refractivity contribution in [3.8, 4) is 22.7 Å². The number of aromatic nitrogens is 3. The number of methoxy groups -OCH3 is 1. The highest BCUT2D eigenvalue weighted by atomic mass is 35.5. The Labute approximate surface area is 202 Å². The second-order valence-electron chi connectivity index (χ2n) is 8.08. The third-order valence-electron chi connectivity index (χ3n) is 5.56. The summed E-state index contributed by atoms with van der Waals surface area (Å²) in [5.74, 6) is -1.99. The maximum Gasteiger partial charge on any atom is 0.353 e. The van der Waals surface area contributed by atoms with E-state index in [0.717, 1.165) is 16.7 Å². The fourth-order valence-corrected chi connectivity index (χ4v) is 4.25. The van der Waals surface area contributed by atoms with Crippen LogP contribution in [0.25, 0.3) is 28.0 Å². The molecule has 8 nitrogen and oxygen atoms in total. The van der Waals surface area contributed by atoms with E-state index in [4.69, 9.17) is 16.3 Å². The standard InChI is InChI=1S/C24H19ClF2N4O4/c1-11(2)19-21(12(3)8-9-28-19)30-23-13(18(25)22(24(30)32)31(33)34)10-15(27)20(29-23)17-14(26)6-5-7-16(17)35-4/h5-11H,1-4H3. The van der Waals surface area contributed by atoms with Crippen molar-refractivity contribution in [2.45, 2.75) is 26.7 Å². The zero-order valence-electron chi connectivity index (χ0n) is 19.1. The molecule has 11 heteroatoms. The van der Waals surface area contributed by atoms with E-state index < -0.39 is 38.5 Å². The molecule has 4 rings (SSSR count). The average molecular weight is 501 g/mol. The Morgan fingerprint density at radius 3 is 2.54 bits per heavy atom. The topological polar surface area (TPSA) is 100 Å². The van der Waals surface area contributed by atoms with Crippen LogP contribution in [0.2, 0.25) is 5.02 Å². The molecule has 35 heavy (non-hydrogen) atoms. The summed E-state index contributed by atoms with van der Waals surface area (Å²) in [6.07, 6.45) is 1.55. The molecule has 180 valence electrons. The lowest BCUT2D eigenvalue weighted by Crippen LogP contribution is -2.25. The van der Waals surface area contributed by atoms with Gasteiger partial charge in [-0.15, -0.1) is 0 Å². The molecule has 3 heterocycles. The van der Waals surface area contributed by atoms with Crippen LogP contribution in [0.4, 0.5) is 14.5 Å². The van der Waals surface area contributed by atoms with Gasteiger partial charge in [0.05, 0.1) is 29.0 Å². The van der Waals surface area contributed by atoms with Crippen LogP contribution in [0.5, 0.6) is 5.75 Å². The van der Waals surface area contributed by atoms with Gasteiger partial charge < -0.3 is 4.74 Å². The highest BCUT2D eigenvalue weighted by Gasteiger charge is 2.30. The van der Waals surface area contributed by atoms with Gasteiger partial charge in [-0.2, -0.15) is 0 Å². The minimum atomic E-state index is -1.07. The summed E-state index contributed by atoms with van der Waals surface area (Å²) < 4.78 is 36.3. The Bertz CT molecular complexity index is 1570. The maximum absolute atomic E-state index is 15.3. The molecule has 0 saturated carbocycles. The van der Waals surface area contributed by atoms with E-state index in [1.807, 2.05) is 13.8 Å². The van der Waals surface area contributed by atoms with Crippen molar-refractivity contribution in [2.24, 2.45) is 0 Å². The molecule has 3 aromatic heterocycles. The fourth-order valence-electron chi connectivity index (χ4n) is 3.96. The Hall–Kier alpha value is -3.92. The number of fused-ring (bicyclic) bond motifs is 1. The van der Waals surface area contributed by atoms with Gasteiger partial charge in [-0.1, -0.05) is 31.5 Å². The van der Waals surface area contributed by atoms with Crippen molar-refractivity contribution < 1.29 is 18.4 Å². The molecule has 1 aromatic carbocycles. The van der Waals surface area contributed by atoms with E-state index in [-0.39, 0.29) is 34.0 Å². The number of nitrogens with zero attached hydrogens (tertiary/aromatic N) is 4. The van der Waals surface area contributed by atoms with Crippen LogP contribution in [0.1, 0.15) is 31.0 Å². The Morgan fingerprint density at radius 2 is 1.91 bits per heavy atom. The van der Waals surface area contributed by atoms with Crippen molar-refractivity contribution in [1.82, 2.24) is 14.5 Å². The first-order chi connectivity index (χ1) is 16.6. The molecule has 0 atom stereocenters. The summed E-state index contributed by atoms with van der Waals surface area (Å²) in [4.78, 5) is 33.0. The van der Waals surface area contributed by atoms with E-state index in [2.05, 4.69) is 9.97 Å². The predicted molar refractivity (Wildman–Crippen MR) is 128 cm³/mol. The molecular formula is C24H19ClF2N4O4. The summed E-state index contributed by atoms with van der Waals surface area (Å²) in [5, 5.41) is 11.0. The third-order valence-corrected chi connectivity index (χ3v) is 5.94. The number of hydrogen-bond acceptors (Lipinski definition) is 6. The summed E-state index contributed by atoms with van der Waals surface area (Å²) in [6.45, 7) is 5.38. The van der Waals surface area contributed by atoms with Crippen LogP contribution in [0.3, 0.4) is 0 Å². The maximum atomic E-state index is 15.3. The lowest BCUT2D eigenvalue weighted by Gasteiger charge is -2.19. The van der Waals surface area contributed by atoms with Gasteiger partial charge >= 0.3 is 11.2 Å². The molecule has 0 unspecified atom stereocenters.